The van der Waals surface area contributed by atoms with E-state index in [0.717, 1.165) is 16.1 Å². The maximum atomic E-state index is 11.1. The molecule has 0 aliphatic rings. The van der Waals surface area contributed by atoms with Gasteiger partial charge in [0.25, 0.3) is 5.91 Å². The monoisotopic (exact) mass is 233 g/mol. The van der Waals surface area contributed by atoms with Crippen molar-refractivity contribution >= 4 is 22.2 Å². The number of rotatable bonds is 2. The van der Waals surface area contributed by atoms with Crippen LogP contribution in [0.1, 0.15) is 16.1 Å². The van der Waals surface area contributed by atoms with Crippen molar-refractivity contribution in [2.45, 2.75) is 6.92 Å². The smallest absolute Gasteiger partial charge is 0.251 e. The third-order valence-corrected chi connectivity index (χ3v) is 3.24. The lowest BCUT2D eigenvalue weighted by Crippen LogP contribution is -2.11. The van der Waals surface area contributed by atoms with Gasteiger partial charge in [0.05, 0.1) is 10.6 Å². The Balaban J connectivity index is 2.45. The first kappa shape index (κ1) is 10.6. The van der Waals surface area contributed by atoms with Crippen LogP contribution in [-0.4, -0.2) is 10.9 Å². The predicted molar refractivity (Wildman–Crippen MR) is 65.2 cm³/mol. The van der Waals surface area contributed by atoms with E-state index in [1.54, 1.807) is 12.3 Å². The number of pyridine rings is 1. The summed E-state index contributed by atoms with van der Waals surface area (Å²) in [6, 6.07) is 5.56. The SMILES string of the molecule is Cc1ccc(-c2cc(C(N)=O)c(N)s2)cn1. The molecule has 0 atom stereocenters. The molecule has 82 valence electrons. The summed E-state index contributed by atoms with van der Waals surface area (Å²) in [5.41, 5.74) is 13.2. The second kappa shape index (κ2) is 3.94. The normalized spacial score (nSPS) is 10.3. The number of carbonyl (C=O) groups is 1. The molecule has 16 heavy (non-hydrogen) atoms. The van der Waals surface area contributed by atoms with Crippen LogP contribution in [0, 0.1) is 6.92 Å². The Morgan fingerprint density at radius 2 is 2.19 bits per heavy atom. The molecule has 0 spiro atoms. The van der Waals surface area contributed by atoms with Crippen molar-refractivity contribution < 1.29 is 4.79 Å². The van der Waals surface area contributed by atoms with Gasteiger partial charge in [-0.2, -0.15) is 0 Å². The van der Waals surface area contributed by atoms with Crippen molar-refractivity contribution in [1.29, 1.82) is 0 Å². The lowest BCUT2D eigenvalue weighted by atomic mass is 10.2. The molecule has 2 aromatic rings. The number of nitrogen functional groups attached to an aromatic ring is 1. The molecule has 1 amide bonds. The van der Waals surface area contributed by atoms with Crippen molar-refractivity contribution in [3.8, 4) is 10.4 Å². The molecule has 0 saturated heterocycles. The summed E-state index contributed by atoms with van der Waals surface area (Å²) < 4.78 is 0. The van der Waals surface area contributed by atoms with Gasteiger partial charge in [0.1, 0.15) is 0 Å². The number of anilines is 1. The van der Waals surface area contributed by atoms with Gasteiger partial charge in [0.2, 0.25) is 0 Å². The maximum absolute atomic E-state index is 11.1. The van der Waals surface area contributed by atoms with Crippen LogP contribution in [0.25, 0.3) is 10.4 Å². The van der Waals surface area contributed by atoms with Crippen molar-refractivity contribution in [2.24, 2.45) is 5.73 Å². The van der Waals surface area contributed by atoms with E-state index in [2.05, 4.69) is 4.98 Å². The van der Waals surface area contributed by atoms with Crippen LogP contribution in [0.2, 0.25) is 0 Å². The molecule has 0 aromatic carbocycles. The van der Waals surface area contributed by atoms with Gasteiger partial charge in [-0.3, -0.25) is 9.78 Å². The van der Waals surface area contributed by atoms with Gasteiger partial charge in [-0.15, -0.1) is 11.3 Å². The lowest BCUT2D eigenvalue weighted by Gasteiger charge is -1.96. The molecule has 0 aliphatic heterocycles. The highest BCUT2D eigenvalue weighted by Gasteiger charge is 2.12. The van der Waals surface area contributed by atoms with Gasteiger partial charge in [0.15, 0.2) is 0 Å². The second-order valence-corrected chi connectivity index (χ2v) is 4.52. The first-order chi connectivity index (χ1) is 7.58. The number of nitrogens with two attached hydrogens (primary N) is 2. The molecular weight excluding hydrogens is 222 g/mol. The quantitative estimate of drug-likeness (QED) is 0.829. The van der Waals surface area contributed by atoms with E-state index in [4.69, 9.17) is 11.5 Å². The first-order valence-corrected chi connectivity index (χ1v) is 5.51. The van der Waals surface area contributed by atoms with Gasteiger partial charge >= 0.3 is 0 Å². The van der Waals surface area contributed by atoms with Gasteiger partial charge in [0, 0.05) is 22.3 Å². The maximum Gasteiger partial charge on any atom is 0.251 e. The van der Waals surface area contributed by atoms with Crippen LogP contribution in [0.5, 0.6) is 0 Å². The van der Waals surface area contributed by atoms with Gasteiger partial charge in [-0.25, -0.2) is 0 Å². The van der Waals surface area contributed by atoms with Crippen molar-refractivity contribution in [1.82, 2.24) is 4.98 Å². The third-order valence-electron chi connectivity index (χ3n) is 2.22. The Hall–Kier alpha value is -1.88. The number of hydrogen-bond donors (Lipinski definition) is 2. The Morgan fingerprint density at radius 3 is 2.69 bits per heavy atom. The number of amides is 1. The molecule has 0 saturated carbocycles. The Labute approximate surface area is 96.9 Å². The van der Waals surface area contributed by atoms with E-state index >= 15 is 0 Å². The van der Waals surface area contributed by atoms with Crippen LogP contribution in [0.15, 0.2) is 24.4 Å². The third kappa shape index (κ3) is 1.90. The fourth-order valence-electron chi connectivity index (χ4n) is 1.35. The molecule has 0 fully saturated rings. The highest BCUT2D eigenvalue weighted by molar-refractivity contribution is 7.19. The second-order valence-electron chi connectivity index (χ2n) is 3.44. The molecule has 0 radical (unpaired) electrons. The average molecular weight is 233 g/mol. The van der Waals surface area contributed by atoms with E-state index in [1.807, 2.05) is 19.1 Å². The Morgan fingerprint density at radius 1 is 1.44 bits per heavy atom. The van der Waals surface area contributed by atoms with E-state index < -0.39 is 5.91 Å². The van der Waals surface area contributed by atoms with Crippen molar-refractivity contribution in [2.75, 3.05) is 5.73 Å². The van der Waals surface area contributed by atoms with E-state index in [1.165, 1.54) is 11.3 Å². The molecule has 2 heterocycles. The minimum Gasteiger partial charge on any atom is -0.390 e. The van der Waals surface area contributed by atoms with Crippen LogP contribution in [-0.2, 0) is 0 Å². The van der Waals surface area contributed by atoms with Crippen molar-refractivity contribution in [3.63, 3.8) is 0 Å². The number of aromatic nitrogens is 1. The standard InChI is InChI=1S/C11H11N3OS/c1-6-2-3-7(5-14-6)9-4-8(10(12)15)11(13)16-9/h2-5H,13H2,1H3,(H2,12,15). The van der Waals surface area contributed by atoms with Gasteiger partial charge in [-0.1, -0.05) is 6.07 Å². The summed E-state index contributed by atoms with van der Waals surface area (Å²) in [5, 5.41) is 0.447. The minimum atomic E-state index is -0.500. The topological polar surface area (TPSA) is 82.0 Å². The molecule has 4 N–H and O–H groups in total. The number of aryl methyl sites for hydroxylation is 1. The van der Waals surface area contributed by atoms with Crippen LogP contribution in [0.4, 0.5) is 5.00 Å². The zero-order valence-corrected chi connectivity index (χ0v) is 9.54. The van der Waals surface area contributed by atoms with Crippen LogP contribution >= 0.6 is 11.3 Å². The fraction of sp³-hybridized carbons (Fsp3) is 0.0909. The molecule has 5 heteroatoms. The number of primary amides is 1. The zero-order chi connectivity index (χ0) is 11.7. The van der Waals surface area contributed by atoms with Crippen LogP contribution < -0.4 is 11.5 Å². The number of carbonyl (C=O) groups excluding carboxylic acids is 1. The molecule has 2 rings (SSSR count). The summed E-state index contributed by atoms with van der Waals surface area (Å²) in [7, 11) is 0. The molecular formula is C11H11N3OS. The predicted octanol–water partition coefficient (Wildman–Crippen LogP) is 1.80. The summed E-state index contributed by atoms with van der Waals surface area (Å²) in [6.07, 6.45) is 1.76. The van der Waals surface area contributed by atoms with Gasteiger partial charge < -0.3 is 11.5 Å². The molecule has 2 aromatic heterocycles. The fourth-order valence-corrected chi connectivity index (χ4v) is 2.28. The molecule has 0 aliphatic carbocycles. The minimum absolute atomic E-state index is 0.376. The zero-order valence-electron chi connectivity index (χ0n) is 8.73. The van der Waals surface area contributed by atoms with Crippen LogP contribution in [0.3, 0.4) is 0 Å². The molecule has 0 unspecified atom stereocenters. The molecule has 4 nitrogen and oxygen atoms in total. The highest BCUT2D eigenvalue weighted by Crippen LogP contribution is 2.32. The van der Waals surface area contributed by atoms with Gasteiger partial charge in [-0.05, 0) is 19.1 Å². The summed E-state index contributed by atoms with van der Waals surface area (Å²) in [6.45, 7) is 1.92. The number of thiophene rings is 1. The number of nitrogens with zero attached hydrogens (tertiary/aromatic N) is 1. The summed E-state index contributed by atoms with van der Waals surface area (Å²) in [4.78, 5) is 16.1. The highest BCUT2D eigenvalue weighted by atomic mass is 32.1. The van der Waals surface area contributed by atoms with E-state index in [0.29, 0.717) is 10.6 Å². The largest absolute Gasteiger partial charge is 0.390 e. The summed E-state index contributed by atoms with van der Waals surface area (Å²) in [5.74, 6) is -0.500. The lowest BCUT2D eigenvalue weighted by molar-refractivity contribution is 0.100. The number of hydrogen-bond acceptors (Lipinski definition) is 4. The first-order valence-electron chi connectivity index (χ1n) is 4.70. The van der Waals surface area contributed by atoms with E-state index in [9.17, 15) is 4.79 Å². The Kier molecular flexibility index (Phi) is 2.62. The molecule has 0 bridgehead atoms. The summed E-state index contributed by atoms with van der Waals surface area (Å²) >= 11 is 1.34. The Bertz CT molecular complexity index is 531. The van der Waals surface area contributed by atoms with E-state index in [-0.39, 0.29) is 0 Å². The van der Waals surface area contributed by atoms with Crippen molar-refractivity contribution in [3.05, 3.63) is 35.7 Å². The average Bonchev–Trinajstić information content (AvgIpc) is 2.61.